The van der Waals surface area contributed by atoms with E-state index in [0.717, 1.165) is 4.90 Å². The number of benzene rings is 1. The quantitative estimate of drug-likeness (QED) is 0.730. The molecule has 1 aliphatic heterocycles. The summed E-state index contributed by atoms with van der Waals surface area (Å²) in [6, 6.07) is 9.56. The van der Waals surface area contributed by atoms with Crippen molar-refractivity contribution in [2.45, 2.75) is 56.9 Å². The van der Waals surface area contributed by atoms with Crippen molar-refractivity contribution in [1.82, 2.24) is 4.90 Å². The lowest BCUT2D eigenvalue weighted by Gasteiger charge is -2.32. The van der Waals surface area contributed by atoms with Gasteiger partial charge < -0.3 is 9.84 Å². The normalized spacial score (nSPS) is 21.0. The molecule has 1 heterocycles. The van der Waals surface area contributed by atoms with Crippen molar-refractivity contribution in [3.05, 3.63) is 30.3 Å². The molecule has 0 radical (unpaired) electrons. The standard InChI is InChI=1S/C20H29NO4S/c1-12(2)16-11-25-20(24)21(16)19(23)14(5)17(22)18(13(3)4)26-15-9-7-6-8-10-15/h6-10,12-14,16-18,22H,11H2,1-5H3/t14-,16-,17+,18-/m1/s1. The van der Waals surface area contributed by atoms with Crippen LogP contribution < -0.4 is 0 Å². The summed E-state index contributed by atoms with van der Waals surface area (Å²) < 4.78 is 5.07. The zero-order valence-corrected chi connectivity index (χ0v) is 16.9. The number of ether oxygens (including phenoxy) is 1. The van der Waals surface area contributed by atoms with Gasteiger partial charge >= 0.3 is 6.09 Å². The van der Waals surface area contributed by atoms with Crippen LogP contribution in [0.25, 0.3) is 0 Å². The summed E-state index contributed by atoms with van der Waals surface area (Å²) in [7, 11) is 0. The SMILES string of the molecule is CC(C)[C@@H](Sc1ccccc1)[C@@H](O)[C@@H](C)C(=O)N1C(=O)OC[C@@H]1C(C)C. The molecule has 0 spiro atoms. The summed E-state index contributed by atoms with van der Waals surface area (Å²) in [5.74, 6) is -0.783. The fraction of sp³-hybridized carbons (Fsp3) is 0.600. The molecule has 0 saturated carbocycles. The maximum atomic E-state index is 12.9. The molecule has 5 nitrogen and oxygen atoms in total. The molecule has 26 heavy (non-hydrogen) atoms. The summed E-state index contributed by atoms with van der Waals surface area (Å²) in [5.41, 5.74) is 0. The van der Waals surface area contributed by atoms with E-state index in [1.54, 1.807) is 18.7 Å². The van der Waals surface area contributed by atoms with Crippen LogP contribution in [0.2, 0.25) is 0 Å². The van der Waals surface area contributed by atoms with E-state index in [0.29, 0.717) is 0 Å². The maximum absolute atomic E-state index is 12.9. The van der Waals surface area contributed by atoms with Gasteiger partial charge in [-0.15, -0.1) is 11.8 Å². The van der Waals surface area contributed by atoms with Crippen molar-refractivity contribution in [1.29, 1.82) is 0 Å². The van der Waals surface area contributed by atoms with Gasteiger partial charge in [-0.25, -0.2) is 9.69 Å². The number of aliphatic hydroxyl groups excluding tert-OH is 1. The van der Waals surface area contributed by atoms with Gasteiger partial charge in [0.05, 0.1) is 18.1 Å². The van der Waals surface area contributed by atoms with Crippen LogP contribution in [0.4, 0.5) is 4.79 Å². The molecule has 4 atom stereocenters. The van der Waals surface area contributed by atoms with Crippen LogP contribution in [0.3, 0.4) is 0 Å². The highest BCUT2D eigenvalue weighted by Gasteiger charge is 2.44. The van der Waals surface area contributed by atoms with Crippen LogP contribution >= 0.6 is 11.8 Å². The number of rotatable bonds is 7. The Labute approximate surface area is 160 Å². The Morgan fingerprint density at radius 3 is 2.35 bits per heavy atom. The first-order chi connectivity index (χ1) is 12.2. The highest BCUT2D eigenvalue weighted by molar-refractivity contribution is 8.00. The Kier molecular flexibility index (Phi) is 7.12. The lowest BCUT2D eigenvalue weighted by molar-refractivity contribution is -0.137. The molecular weight excluding hydrogens is 350 g/mol. The van der Waals surface area contributed by atoms with Crippen LogP contribution in [-0.2, 0) is 9.53 Å². The highest BCUT2D eigenvalue weighted by atomic mass is 32.2. The second-order valence-corrected chi connectivity index (χ2v) is 8.77. The summed E-state index contributed by atoms with van der Waals surface area (Å²) in [6.45, 7) is 9.88. The zero-order valence-electron chi connectivity index (χ0n) is 16.1. The molecule has 6 heteroatoms. The fourth-order valence-corrected chi connectivity index (χ4v) is 4.36. The molecule has 1 N–H and O–H groups in total. The predicted molar refractivity (Wildman–Crippen MR) is 103 cm³/mol. The van der Waals surface area contributed by atoms with Gasteiger partial charge in [-0.3, -0.25) is 4.79 Å². The Morgan fingerprint density at radius 2 is 1.81 bits per heavy atom. The smallest absolute Gasteiger partial charge is 0.416 e. The van der Waals surface area contributed by atoms with Crippen LogP contribution in [-0.4, -0.2) is 46.0 Å². The van der Waals surface area contributed by atoms with E-state index in [-0.39, 0.29) is 35.6 Å². The third kappa shape index (κ3) is 4.60. The van der Waals surface area contributed by atoms with Crippen LogP contribution in [0.15, 0.2) is 35.2 Å². The minimum Gasteiger partial charge on any atom is -0.447 e. The van der Waals surface area contributed by atoms with Gasteiger partial charge in [-0.2, -0.15) is 0 Å². The second kappa shape index (κ2) is 8.91. The summed E-state index contributed by atoms with van der Waals surface area (Å²) >= 11 is 1.56. The molecule has 1 aliphatic rings. The number of carbonyl (C=O) groups is 2. The maximum Gasteiger partial charge on any atom is 0.416 e. The predicted octanol–water partition coefficient (Wildman–Crippen LogP) is 3.80. The molecular formula is C20H29NO4S. The topological polar surface area (TPSA) is 66.8 Å². The van der Waals surface area contributed by atoms with Crippen molar-refractivity contribution in [3.63, 3.8) is 0 Å². The first-order valence-electron chi connectivity index (χ1n) is 9.13. The van der Waals surface area contributed by atoms with Crippen LogP contribution in [0.5, 0.6) is 0 Å². The molecule has 0 bridgehead atoms. The average molecular weight is 380 g/mol. The lowest BCUT2D eigenvalue weighted by atomic mass is 9.93. The number of amides is 2. The molecule has 1 saturated heterocycles. The third-order valence-corrected chi connectivity index (χ3v) is 6.46. The van der Waals surface area contributed by atoms with Gasteiger partial charge in [-0.05, 0) is 24.0 Å². The molecule has 2 amide bonds. The number of thioether (sulfide) groups is 1. The van der Waals surface area contributed by atoms with E-state index in [1.807, 2.05) is 58.0 Å². The Balaban J connectivity index is 2.15. The Bertz CT molecular complexity index is 619. The van der Waals surface area contributed by atoms with Gasteiger partial charge in [0, 0.05) is 10.1 Å². The molecule has 144 valence electrons. The first kappa shape index (κ1) is 20.8. The number of imide groups is 1. The summed E-state index contributed by atoms with van der Waals surface area (Å²) in [4.78, 5) is 27.2. The van der Waals surface area contributed by atoms with Crippen LogP contribution in [0, 0.1) is 17.8 Å². The van der Waals surface area contributed by atoms with Crippen molar-refractivity contribution >= 4 is 23.8 Å². The number of nitrogens with zero attached hydrogens (tertiary/aromatic N) is 1. The minimum atomic E-state index is -0.867. The number of carbonyl (C=O) groups excluding carboxylic acids is 2. The fourth-order valence-electron chi connectivity index (χ4n) is 3.09. The number of aliphatic hydroxyl groups is 1. The second-order valence-electron chi connectivity index (χ2n) is 7.52. The largest absolute Gasteiger partial charge is 0.447 e. The van der Waals surface area contributed by atoms with Gasteiger partial charge in [0.2, 0.25) is 5.91 Å². The molecule has 1 aromatic carbocycles. The zero-order chi connectivity index (χ0) is 19.4. The van der Waals surface area contributed by atoms with Gasteiger partial charge in [0.15, 0.2) is 0 Å². The van der Waals surface area contributed by atoms with Gasteiger partial charge in [0.1, 0.15) is 6.61 Å². The van der Waals surface area contributed by atoms with E-state index in [2.05, 4.69) is 0 Å². The average Bonchev–Trinajstić information content (AvgIpc) is 3.00. The van der Waals surface area contributed by atoms with Gasteiger partial charge in [0.25, 0.3) is 0 Å². The Hall–Kier alpha value is -1.53. The molecule has 0 aliphatic carbocycles. The van der Waals surface area contributed by atoms with Gasteiger partial charge in [-0.1, -0.05) is 52.8 Å². The minimum absolute atomic E-state index is 0.106. The van der Waals surface area contributed by atoms with Crippen LogP contribution in [0.1, 0.15) is 34.6 Å². The molecule has 2 rings (SSSR count). The molecule has 1 aromatic rings. The lowest BCUT2D eigenvalue weighted by Crippen LogP contribution is -2.49. The van der Waals surface area contributed by atoms with E-state index in [9.17, 15) is 14.7 Å². The van der Waals surface area contributed by atoms with Crippen molar-refractivity contribution in [2.24, 2.45) is 17.8 Å². The number of hydrogen-bond acceptors (Lipinski definition) is 5. The Morgan fingerprint density at radius 1 is 1.19 bits per heavy atom. The number of cyclic esters (lactones) is 1. The third-order valence-electron chi connectivity index (χ3n) is 4.82. The van der Waals surface area contributed by atoms with E-state index in [4.69, 9.17) is 4.74 Å². The van der Waals surface area contributed by atoms with Crippen molar-refractivity contribution < 1.29 is 19.4 Å². The molecule has 0 aromatic heterocycles. The summed E-state index contributed by atoms with van der Waals surface area (Å²) in [6.07, 6.45) is -1.47. The molecule has 1 fully saturated rings. The monoisotopic (exact) mass is 379 g/mol. The number of hydrogen-bond donors (Lipinski definition) is 1. The molecule has 0 unspecified atom stereocenters. The van der Waals surface area contributed by atoms with Crippen molar-refractivity contribution in [3.8, 4) is 0 Å². The summed E-state index contributed by atoms with van der Waals surface area (Å²) in [5, 5.41) is 10.8. The highest BCUT2D eigenvalue weighted by Crippen LogP contribution is 2.34. The van der Waals surface area contributed by atoms with E-state index < -0.39 is 18.1 Å². The van der Waals surface area contributed by atoms with E-state index in [1.165, 1.54) is 4.90 Å². The van der Waals surface area contributed by atoms with Crippen molar-refractivity contribution in [2.75, 3.05) is 6.61 Å². The first-order valence-corrected chi connectivity index (χ1v) is 10.0. The van der Waals surface area contributed by atoms with E-state index >= 15 is 0 Å².